The average molecular weight is 251 g/mol. The monoisotopic (exact) mass is 251 g/mol. The highest BCUT2D eigenvalue weighted by Crippen LogP contribution is 2.12. The van der Waals surface area contributed by atoms with E-state index in [4.69, 9.17) is 10.8 Å². The zero-order valence-electron chi connectivity index (χ0n) is 10.5. The van der Waals surface area contributed by atoms with Gasteiger partial charge in [0.2, 0.25) is 0 Å². The number of carbonyl (C=O) groups excluding carboxylic acids is 1. The smallest absolute Gasteiger partial charge is 0.308 e. The summed E-state index contributed by atoms with van der Waals surface area (Å²) in [5.74, 6) is -1.90. The van der Waals surface area contributed by atoms with E-state index in [2.05, 4.69) is 4.98 Å². The lowest BCUT2D eigenvalue weighted by molar-refractivity contribution is -0.141. The molecule has 0 aliphatic rings. The molecule has 0 bridgehead atoms. The average Bonchev–Trinajstić information content (AvgIpc) is 2.35. The van der Waals surface area contributed by atoms with E-state index < -0.39 is 11.9 Å². The summed E-state index contributed by atoms with van der Waals surface area (Å²) in [6, 6.07) is 3.23. The van der Waals surface area contributed by atoms with Gasteiger partial charge in [-0.25, -0.2) is 4.98 Å². The van der Waals surface area contributed by atoms with Crippen LogP contribution in [-0.2, 0) is 4.79 Å². The minimum atomic E-state index is -0.935. The van der Waals surface area contributed by atoms with E-state index in [1.165, 1.54) is 11.1 Å². The van der Waals surface area contributed by atoms with Crippen LogP contribution in [0, 0.1) is 5.92 Å². The second-order valence-corrected chi connectivity index (χ2v) is 4.02. The number of carboxylic acid groups (broad SMARTS) is 1. The van der Waals surface area contributed by atoms with Gasteiger partial charge in [-0.05, 0) is 19.1 Å². The van der Waals surface area contributed by atoms with Crippen molar-refractivity contribution in [2.75, 3.05) is 18.8 Å². The standard InChI is InChI=1S/C12H17N3O3/c1-3-15(7-8(2)12(17)18)11(16)10-9(13)5-4-6-14-10/h4-6,8H,3,7,13H2,1-2H3,(H,17,18). The maximum Gasteiger partial charge on any atom is 0.308 e. The molecular formula is C12H17N3O3. The normalized spacial score (nSPS) is 11.9. The number of nitrogens with two attached hydrogens (primary N) is 1. The minimum absolute atomic E-state index is 0.140. The van der Waals surface area contributed by atoms with Crippen LogP contribution >= 0.6 is 0 Å². The number of anilines is 1. The van der Waals surface area contributed by atoms with Gasteiger partial charge in [-0.3, -0.25) is 9.59 Å². The predicted octanol–water partition coefficient (Wildman–Crippen LogP) is 0.847. The summed E-state index contributed by atoms with van der Waals surface area (Å²) < 4.78 is 0. The van der Waals surface area contributed by atoms with Gasteiger partial charge in [0.15, 0.2) is 5.69 Å². The molecule has 1 unspecified atom stereocenters. The van der Waals surface area contributed by atoms with Crippen molar-refractivity contribution in [2.24, 2.45) is 5.92 Å². The van der Waals surface area contributed by atoms with Crippen molar-refractivity contribution in [3.63, 3.8) is 0 Å². The maximum absolute atomic E-state index is 12.1. The Balaban J connectivity index is 2.86. The molecule has 18 heavy (non-hydrogen) atoms. The summed E-state index contributed by atoms with van der Waals surface area (Å²) in [5, 5.41) is 8.86. The van der Waals surface area contributed by atoms with Gasteiger partial charge in [-0.2, -0.15) is 0 Å². The highest BCUT2D eigenvalue weighted by Gasteiger charge is 2.22. The molecule has 98 valence electrons. The van der Waals surface area contributed by atoms with Crippen LogP contribution in [0.4, 0.5) is 5.69 Å². The number of aliphatic carboxylic acids is 1. The second kappa shape index (κ2) is 6.00. The van der Waals surface area contributed by atoms with Gasteiger partial charge in [0, 0.05) is 19.3 Å². The molecule has 1 atom stereocenters. The number of carboxylic acids is 1. The summed E-state index contributed by atoms with van der Waals surface area (Å²) in [5.41, 5.74) is 6.14. The fourth-order valence-electron chi connectivity index (χ4n) is 1.51. The van der Waals surface area contributed by atoms with Crippen LogP contribution < -0.4 is 5.73 Å². The first-order valence-corrected chi connectivity index (χ1v) is 5.70. The van der Waals surface area contributed by atoms with Gasteiger partial charge in [0.25, 0.3) is 5.91 Å². The summed E-state index contributed by atoms with van der Waals surface area (Å²) in [7, 11) is 0. The number of nitrogen functional groups attached to an aromatic ring is 1. The Kier molecular flexibility index (Phi) is 4.65. The lowest BCUT2D eigenvalue weighted by atomic mass is 10.1. The van der Waals surface area contributed by atoms with Gasteiger partial charge in [-0.1, -0.05) is 6.92 Å². The third-order valence-corrected chi connectivity index (χ3v) is 2.63. The number of amides is 1. The largest absolute Gasteiger partial charge is 0.481 e. The molecule has 6 nitrogen and oxygen atoms in total. The topological polar surface area (TPSA) is 96.5 Å². The zero-order chi connectivity index (χ0) is 13.7. The van der Waals surface area contributed by atoms with Gasteiger partial charge >= 0.3 is 5.97 Å². The molecule has 6 heteroatoms. The highest BCUT2D eigenvalue weighted by molar-refractivity contribution is 5.97. The molecule has 1 rings (SSSR count). The molecule has 0 saturated heterocycles. The van der Waals surface area contributed by atoms with Crippen LogP contribution in [0.15, 0.2) is 18.3 Å². The Morgan fingerprint density at radius 1 is 1.56 bits per heavy atom. The quantitative estimate of drug-likeness (QED) is 0.808. The van der Waals surface area contributed by atoms with E-state index in [0.717, 1.165) is 0 Å². The van der Waals surface area contributed by atoms with E-state index in [9.17, 15) is 9.59 Å². The third-order valence-electron chi connectivity index (χ3n) is 2.63. The van der Waals surface area contributed by atoms with Gasteiger partial charge in [0.05, 0.1) is 11.6 Å². The Morgan fingerprint density at radius 2 is 2.22 bits per heavy atom. The number of aromatic nitrogens is 1. The molecule has 1 aromatic heterocycles. The Morgan fingerprint density at radius 3 is 2.72 bits per heavy atom. The Hall–Kier alpha value is -2.11. The van der Waals surface area contributed by atoms with Crippen LogP contribution in [0.5, 0.6) is 0 Å². The van der Waals surface area contributed by atoms with E-state index in [0.29, 0.717) is 12.2 Å². The van der Waals surface area contributed by atoms with Crippen LogP contribution in [-0.4, -0.2) is 40.0 Å². The molecule has 0 spiro atoms. The second-order valence-electron chi connectivity index (χ2n) is 4.02. The molecule has 0 aliphatic carbocycles. The Labute approximate surface area is 105 Å². The van der Waals surface area contributed by atoms with Crippen molar-refractivity contribution < 1.29 is 14.7 Å². The number of nitrogens with zero attached hydrogens (tertiary/aromatic N) is 2. The van der Waals surface area contributed by atoms with E-state index >= 15 is 0 Å². The van der Waals surface area contributed by atoms with Gasteiger partial charge < -0.3 is 15.7 Å². The fourth-order valence-corrected chi connectivity index (χ4v) is 1.51. The first-order chi connectivity index (χ1) is 8.47. The number of carbonyl (C=O) groups is 2. The van der Waals surface area contributed by atoms with Crippen molar-refractivity contribution in [1.29, 1.82) is 0 Å². The molecule has 0 radical (unpaired) electrons. The van der Waals surface area contributed by atoms with Crippen LogP contribution in [0.3, 0.4) is 0 Å². The molecule has 0 aromatic carbocycles. The van der Waals surface area contributed by atoms with E-state index in [1.54, 1.807) is 26.0 Å². The predicted molar refractivity (Wildman–Crippen MR) is 67.0 cm³/mol. The summed E-state index contributed by atoms with van der Waals surface area (Å²) in [4.78, 5) is 28.3. The SMILES string of the molecule is CCN(CC(C)C(=O)O)C(=O)c1ncccc1N. The number of rotatable bonds is 5. The maximum atomic E-state index is 12.1. The van der Waals surface area contributed by atoms with Crippen molar-refractivity contribution in [3.8, 4) is 0 Å². The summed E-state index contributed by atoms with van der Waals surface area (Å²) in [6.07, 6.45) is 1.48. The number of hydrogen-bond donors (Lipinski definition) is 2. The molecule has 0 aliphatic heterocycles. The van der Waals surface area contributed by atoms with E-state index in [1.807, 2.05) is 0 Å². The summed E-state index contributed by atoms with van der Waals surface area (Å²) >= 11 is 0. The van der Waals surface area contributed by atoms with E-state index in [-0.39, 0.29) is 18.1 Å². The van der Waals surface area contributed by atoms with Crippen LogP contribution in [0.2, 0.25) is 0 Å². The lowest BCUT2D eigenvalue weighted by Gasteiger charge is -2.22. The van der Waals surface area contributed by atoms with Crippen LogP contribution in [0.1, 0.15) is 24.3 Å². The first-order valence-electron chi connectivity index (χ1n) is 5.70. The fraction of sp³-hybridized carbons (Fsp3) is 0.417. The number of pyridine rings is 1. The molecule has 1 amide bonds. The zero-order valence-corrected chi connectivity index (χ0v) is 10.5. The number of hydrogen-bond acceptors (Lipinski definition) is 4. The lowest BCUT2D eigenvalue weighted by Crippen LogP contribution is -2.37. The highest BCUT2D eigenvalue weighted by atomic mass is 16.4. The van der Waals surface area contributed by atoms with Crippen molar-refractivity contribution >= 4 is 17.6 Å². The summed E-state index contributed by atoms with van der Waals surface area (Å²) in [6.45, 7) is 3.89. The van der Waals surface area contributed by atoms with Crippen molar-refractivity contribution in [2.45, 2.75) is 13.8 Å². The molecule has 3 N–H and O–H groups in total. The van der Waals surface area contributed by atoms with Crippen molar-refractivity contribution in [3.05, 3.63) is 24.0 Å². The molecule has 1 heterocycles. The minimum Gasteiger partial charge on any atom is -0.481 e. The molecule has 0 saturated carbocycles. The molecule has 1 aromatic rings. The molecular weight excluding hydrogens is 234 g/mol. The van der Waals surface area contributed by atoms with Crippen molar-refractivity contribution in [1.82, 2.24) is 9.88 Å². The van der Waals surface area contributed by atoms with Crippen LogP contribution in [0.25, 0.3) is 0 Å². The van der Waals surface area contributed by atoms with Gasteiger partial charge in [-0.15, -0.1) is 0 Å². The van der Waals surface area contributed by atoms with Gasteiger partial charge in [0.1, 0.15) is 0 Å². The first kappa shape index (κ1) is 14.0. The third kappa shape index (κ3) is 3.19. The molecule has 0 fully saturated rings. The Bertz CT molecular complexity index is 448.